The van der Waals surface area contributed by atoms with Gasteiger partial charge in [0, 0.05) is 48.2 Å². The molecule has 1 aromatic heterocycles. The van der Waals surface area contributed by atoms with Crippen LogP contribution in [-0.2, 0) is 6.54 Å². The molecular weight excluding hydrogens is 378 g/mol. The molecular formula is C20H22BrN3O. The van der Waals surface area contributed by atoms with Crippen molar-refractivity contribution >= 4 is 38.4 Å². The molecule has 1 N–H and O–H groups in total. The Labute approximate surface area is 156 Å². The van der Waals surface area contributed by atoms with Crippen molar-refractivity contribution in [1.82, 2.24) is 9.88 Å². The van der Waals surface area contributed by atoms with Crippen molar-refractivity contribution < 1.29 is 4.79 Å². The van der Waals surface area contributed by atoms with Crippen molar-refractivity contribution in [3.05, 3.63) is 64.3 Å². The fourth-order valence-corrected chi connectivity index (χ4v) is 3.19. The SMILES string of the molecule is CCN(Cc1ccc(N(C)C)cc1)C(=O)c1cc2ccc(Br)cc2[nH]1. The van der Waals surface area contributed by atoms with Crippen molar-refractivity contribution in [2.24, 2.45) is 0 Å². The number of fused-ring (bicyclic) bond motifs is 1. The monoisotopic (exact) mass is 399 g/mol. The molecule has 0 aliphatic carbocycles. The first-order valence-electron chi connectivity index (χ1n) is 8.31. The Hall–Kier alpha value is -2.27. The zero-order chi connectivity index (χ0) is 18.0. The van der Waals surface area contributed by atoms with E-state index in [1.807, 2.05) is 50.2 Å². The van der Waals surface area contributed by atoms with Gasteiger partial charge in [-0.2, -0.15) is 0 Å². The number of carbonyl (C=O) groups excluding carboxylic acids is 1. The van der Waals surface area contributed by atoms with Gasteiger partial charge >= 0.3 is 0 Å². The summed E-state index contributed by atoms with van der Waals surface area (Å²) in [6.45, 7) is 3.26. The van der Waals surface area contributed by atoms with E-state index in [1.165, 1.54) is 0 Å². The summed E-state index contributed by atoms with van der Waals surface area (Å²) in [5.74, 6) is 0.0199. The number of aromatic amines is 1. The van der Waals surface area contributed by atoms with E-state index in [4.69, 9.17) is 0 Å². The Kier molecular flexibility index (Phi) is 5.13. The highest BCUT2D eigenvalue weighted by atomic mass is 79.9. The molecule has 0 aliphatic rings. The van der Waals surface area contributed by atoms with Crippen LogP contribution >= 0.6 is 15.9 Å². The highest BCUT2D eigenvalue weighted by Crippen LogP contribution is 2.22. The van der Waals surface area contributed by atoms with Crippen LogP contribution in [0.5, 0.6) is 0 Å². The molecule has 5 heteroatoms. The summed E-state index contributed by atoms with van der Waals surface area (Å²) >= 11 is 3.46. The molecule has 0 spiro atoms. The Morgan fingerprint density at radius 1 is 1.08 bits per heavy atom. The van der Waals surface area contributed by atoms with Crippen LogP contribution in [0.4, 0.5) is 5.69 Å². The third kappa shape index (κ3) is 3.87. The lowest BCUT2D eigenvalue weighted by Crippen LogP contribution is -2.30. The molecule has 3 aromatic rings. The van der Waals surface area contributed by atoms with Crippen molar-refractivity contribution in [2.75, 3.05) is 25.5 Å². The van der Waals surface area contributed by atoms with E-state index in [1.54, 1.807) is 0 Å². The lowest BCUT2D eigenvalue weighted by atomic mass is 10.1. The second-order valence-corrected chi connectivity index (χ2v) is 7.21. The molecule has 25 heavy (non-hydrogen) atoms. The van der Waals surface area contributed by atoms with Crippen LogP contribution in [0.25, 0.3) is 10.9 Å². The third-order valence-corrected chi connectivity index (χ3v) is 4.80. The van der Waals surface area contributed by atoms with Crippen LogP contribution in [0.2, 0.25) is 0 Å². The number of halogens is 1. The topological polar surface area (TPSA) is 39.3 Å². The number of nitrogens with one attached hydrogen (secondary N) is 1. The molecule has 4 nitrogen and oxygen atoms in total. The van der Waals surface area contributed by atoms with Gasteiger partial charge in [0.2, 0.25) is 0 Å². The van der Waals surface area contributed by atoms with Gasteiger partial charge in [-0.1, -0.05) is 34.1 Å². The first-order chi connectivity index (χ1) is 12.0. The molecule has 0 atom stereocenters. The molecule has 0 bridgehead atoms. The zero-order valence-corrected chi connectivity index (χ0v) is 16.3. The maximum atomic E-state index is 12.9. The second-order valence-electron chi connectivity index (χ2n) is 6.29. The van der Waals surface area contributed by atoms with E-state index in [-0.39, 0.29) is 5.91 Å². The average Bonchev–Trinajstić information content (AvgIpc) is 3.02. The standard InChI is InChI=1S/C20H22BrN3O/c1-4-24(13-14-5-9-17(10-6-14)23(2)3)20(25)19-11-15-7-8-16(21)12-18(15)22-19/h5-12,22H,4,13H2,1-3H3. The van der Waals surface area contributed by atoms with E-state index in [2.05, 4.69) is 50.1 Å². The summed E-state index contributed by atoms with van der Waals surface area (Å²) in [6, 6.07) is 16.2. The van der Waals surface area contributed by atoms with Crippen LogP contribution in [0.3, 0.4) is 0 Å². The van der Waals surface area contributed by atoms with Crippen molar-refractivity contribution in [2.45, 2.75) is 13.5 Å². The average molecular weight is 400 g/mol. The lowest BCUT2D eigenvalue weighted by molar-refractivity contribution is 0.0747. The number of carbonyl (C=O) groups is 1. The fraction of sp³-hybridized carbons (Fsp3) is 0.250. The van der Waals surface area contributed by atoms with Gasteiger partial charge in [0.15, 0.2) is 0 Å². The number of nitrogens with zero attached hydrogens (tertiary/aromatic N) is 2. The predicted octanol–water partition coefficient (Wildman–Crippen LogP) is 4.66. The van der Waals surface area contributed by atoms with Crippen LogP contribution in [0.1, 0.15) is 23.0 Å². The number of hydrogen-bond acceptors (Lipinski definition) is 2. The van der Waals surface area contributed by atoms with Gasteiger partial charge in [-0.25, -0.2) is 0 Å². The minimum atomic E-state index is 0.0199. The number of H-pyrrole nitrogens is 1. The van der Waals surface area contributed by atoms with Crippen LogP contribution in [-0.4, -0.2) is 36.4 Å². The number of benzene rings is 2. The summed E-state index contributed by atoms with van der Waals surface area (Å²) in [4.78, 5) is 20.0. The molecule has 0 saturated carbocycles. The minimum Gasteiger partial charge on any atom is -0.378 e. The summed E-state index contributed by atoms with van der Waals surface area (Å²) in [7, 11) is 4.04. The number of anilines is 1. The van der Waals surface area contributed by atoms with Crippen LogP contribution < -0.4 is 4.90 Å². The summed E-state index contributed by atoms with van der Waals surface area (Å²) < 4.78 is 0.995. The number of rotatable bonds is 5. The van der Waals surface area contributed by atoms with Crippen LogP contribution in [0.15, 0.2) is 53.0 Å². The predicted molar refractivity (Wildman–Crippen MR) is 107 cm³/mol. The normalized spacial score (nSPS) is 10.9. The zero-order valence-electron chi connectivity index (χ0n) is 14.7. The molecule has 3 rings (SSSR count). The quantitative estimate of drug-likeness (QED) is 0.677. The number of aromatic nitrogens is 1. The molecule has 0 saturated heterocycles. The highest BCUT2D eigenvalue weighted by molar-refractivity contribution is 9.10. The van der Waals surface area contributed by atoms with E-state index < -0.39 is 0 Å². The van der Waals surface area contributed by atoms with Gasteiger partial charge in [-0.3, -0.25) is 4.79 Å². The van der Waals surface area contributed by atoms with Gasteiger partial charge in [0.25, 0.3) is 5.91 Å². The third-order valence-electron chi connectivity index (χ3n) is 4.31. The second kappa shape index (κ2) is 7.31. The van der Waals surface area contributed by atoms with Gasteiger partial charge in [0.1, 0.15) is 5.69 Å². The Balaban J connectivity index is 1.80. The molecule has 0 unspecified atom stereocenters. The van der Waals surface area contributed by atoms with E-state index in [0.29, 0.717) is 18.8 Å². The molecule has 1 heterocycles. The molecule has 1 amide bonds. The first-order valence-corrected chi connectivity index (χ1v) is 9.11. The largest absolute Gasteiger partial charge is 0.378 e. The van der Waals surface area contributed by atoms with E-state index in [0.717, 1.165) is 26.6 Å². The summed E-state index contributed by atoms with van der Waals surface area (Å²) in [5.41, 5.74) is 3.86. The van der Waals surface area contributed by atoms with E-state index >= 15 is 0 Å². The maximum Gasteiger partial charge on any atom is 0.270 e. The molecule has 0 aliphatic heterocycles. The van der Waals surface area contributed by atoms with Crippen molar-refractivity contribution in [3.63, 3.8) is 0 Å². The molecule has 130 valence electrons. The minimum absolute atomic E-state index is 0.0199. The highest BCUT2D eigenvalue weighted by Gasteiger charge is 2.17. The Morgan fingerprint density at radius 2 is 1.80 bits per heavy atom. The molecule has 0 fully saturated rings. The summed E-state index contributed by atoms with van der Waals surface area (Å²) in [6.07, 6.45) is 0. The molecule has 2 aromatic carbocycles. The van der Waals surface area contributed by atoms with Crippen molar-refractivity contribution in [1.29, 1.82) is 0 Å². The fourth-order valence-electron chi connectivity index (χ4n) is 2.83. The molecule has 0 radical (unpaired) electrons. The van der Waals surface area contributed by atoms with Gasteiger partial charge in [0.05, 0.1) is 0 Å². The Morgan fingerprint density at radius 3 is 2.44 bits per heavy atom. The first kappa shape index (κ1) is 17.5. The van der Waals surface area contributed by atoms with Crippen molar-refractivity contribution in [3.8, 4) is 0 Å². The number of hydrogen-bond donors (Lipinski definition) is 1. The van der Waals surface area contributed by atoms with Crippen LogP contribution in [0, 0.1) is 0 Å². The smallest absolute Gasteiger partial charge is 0.270 e. The lowest BCUT2D eigenvalue weighted by Gasteiger charge is -2.21. The number of amides is 1. The summed E-state index contributed by atoms with van der Waals surface area (Å²) in [5, 5.41) is 1.04. The van der Waals surface area contributed by atoms with Gasteiger partial charge in [-0.05, 0) is 42.8 Å². The van der Waals surface area contributed by atoms with E-state index in [9.17, 15) is 4.79 Å². The van der Waals surface area contributed by atoms with Gasteiger partial charge in [-0.15, -0.1) is 0 Å². The van der Waals surface area contributed by atoms with Gasteiger partial charge < -0.3 is 14.8 Å². The Bertz CT molecular complexity index is 884. The maximum absolute atomic E-state index is 12.9.